The normalized spacial score (nSPS) is 16.1. The Bertz CT molecular complexity index is 1600. The van der Waals surface area contributed by atoms with E-state index in [2.05, 4.69) is 42.5 Å². The van der Waals surface area contributed by atoms with E-state index in [1.54, 1.807) is 25.5 Å². The average molecular weight is 716 g/mol. The van der Waals surface area contributed by atoms with Gasteiger partial charge in [-0.25, -0.2) is 4.98 Å². The van der Waals surface area contributed by atoms with E-state index in [1.807, 2.05) is 66.7 Å². The molecular weight excluding hydrogens is 673 g/mol. The number of piperidine rings is 1. The number of pyridine rings is 2. The van der Waals surface area contributed by atoms with Gasteiger partial charge in [-0.05, 0) is 87.9 Å². The molecule has 6 rings (SSSR count). The number of nitrogens with zero attached hydrogens (tertiary/aromatic N) is 4. The molecule has 2 saturated heterocycles. The van der Waals surface area contributed by atoms with Crippen LogP contribution in [0.15, 0.2) is 59.8 Å². The number of halogens is 1. The van der Waals surface area contributed by atoms with Crippen LogP contribution in [0, 0.1) is 11.8 Å². The van der Waals surface area contributed by atoms with Crippen molar-refractivity contribution in [3.63, 3.8) is 0 Å². The van der Waals surface area contributed by atoms with Gasteiger partial charge in [-0.2, -0.15) is 0 Å². The number of aliphatic hydroxyl groups is 1. The molecule has 0 atom stereocenters. The van der Waals surface area contributed by atoms with Crippen LogP contribution in [0.4, 0.5) is 5.69 Å². The van der Waals surface area contributed by atoms with Crippen LogP contribution in [-0.4, -0.2) is 44.8 Å². The zero-order chi connectivity index (χ0) is 30.7. The predicted octanol–water partition coefficient (Wildman–Crippen LogP) is 7.12. The molecule has 2 N–H and O–H groups in total. The fourth-order valence-corrected chi connectivity index (χ4v) is 7.40. The number of anilines is 1. The number of hydrogen-bond donors (Lipinski definition) is 2. The Hall–Kier alpha value is -2.54. The lowest BCUT2D eigenvalue weighted by Crippen LogP contribution is -2.48. The summed E-state index contributed by atoms with van der Waals surface area (Å²) < 4.78 is 9.84. The fourth-order valence-electron chi connectivity index (χ4n) is 6.06. The van der Waals surface area contributed by atoms with E-state index in [9.17, 15) is 9.90 Å². The second-order valence-corrected chi connectivity index (χ2v) is 13.6. The highest BCUT2D eigenvalue weighted by Gasteiger charge is 2.30. The van der Waals surface area contributed by atoms with Crippen molar-refractivity contribution in [2.24, 2.45) is 18.9 Å². The van der Waals surface area contributed by atoms with Gasteiger partial charge in [-0.3, -0.25) is 8.77 Å². The van der Waals surface area contributed by atoms with Crippen LogP contribution < -0.4 is 20.5 Å². The summed E-state index contributed by atoms with van der Waals surface area (Å²) >= 11 is 2.18. The van der Waals surface area contributed by atoms with E-state index in [1.165, 1.54) is 28.4 Å². The van der Waals surface area contributed by atoms with Crippen molar-refractivity contribution >= 4 is 46.9 Å². The van der Waals surface area contributed by atoms with Gasteiger partial charge in [0.25, 0.3) is 5.56 Å². The Morgan fingerprint density at radius 3 is 2.49 bits per heavy atom. The third-order valence-corrected chi connectivity index (χ3v) is 10.1. The van der Waals surface area contributed by atoms with Gasteiger partial charge in [-0.1, -0.05) is 19.9 Å². The van der Waals surface area contributed by atoms with Crippen LogP contribution in [0.5, 0.6) is 11.6 Å². The number of aryl methyl sites for hydroxylation is 1. The largest absolute Gasteiger partial charge is 0.438 e. The van der Waals surface area contributed by atoms with E-state index in [0.717, 1.165) is 65.8 Å². The minimum atomic E-state index is -1.04. The van der Waals surface area contributed by atoms with Crippen molar-refractivity contribution in [2.45, 2.75) is 52.6 Å². The number of fused-ring (bicyclic) bond motifs is 1. The molecule has 5 heterocycles. The molecule has 0 bridgehead atoms. The fraction of sp³-hybridized carbons (Fsp3) is 0.455. The maximum Gasteiger partial charge on any atom is 0.275 e. The Balaban J connectivity index is 0.00000180. The summed E-state index contributed by atoms with van der Waals surface area (Å²) in [5, 5.41) is 15.1. The summed E-state index contributed by atoms with van der Waals surface area (Å²) in [7, 11) is 3.21. The van der Waals surface area contributed by atoms with Crippen molar-refractivity contribution in [2.75, 3.05) is 31.1 Å². The highest BCUT2D eigenvalue weighted by molar-refractivity contribution is 14.2. The van der Waals surface area contributed by atoms with Gasteiger partial charge in [0.15, 0.2) is 0 Å². The third kappa shape index (κ3) is 6.92. The lowest BCUT2D eigenvalue weighted by molar-refractivity contribution is 0.0786. The smallest absolute Gasteiger partial charge is 0.275 e. The van der Waals surface area contributed by atoms with Crippen LogP contribution in [-0.2, 0) is 12.6 Å². The lowest BCUT2D eigenvalue weighted by Gasteiger charge is -2.43. The topological polar surface area (TPSA) is 84.6 Å². The molecule has 0 aliphatic carbocycles. The van der Waals surface area contributed by atoms with Crippen LogP contribution in [0.1, 0.15) is 52.5 Å². The molecule has 8 nitrogen and oxygen atoms in total. The Morgan fingerprint density at radius 1 is 1.09 bits per heavy atom. The predicted molar refractivity (Wildman–Crippen MR) is 186 cm³/mol. The van der Waals surface area contributed by atoms with Crippen molar-refractivity contribution in [3.8, 4) is 22.8 Å². The number of benzene rings is 1. The number of rotatable bonds is 8. The molecule has 2 aliphatic rings. The van der Waals surface area contributed by atoms with E-state index < -0.39 is 5.60 Å². The molecule has 1 aromatic carbocycles. The number of nitrogens with one attached hydrogen (secondary N) is 1. The number of hydrogen-bond acceptors (Lipinski definition) is 7. The molecule has 43 heavy (non-hydrogen) atoms. The van der Waals surface area contributed by atoms with Crippen LogP contribution in [0.2, 0.25) is 0 Å². The number of aromatic nitrogens is 3. The monoisotopic (exact) mass is 715 g/mol. The molecule has 3 aromatic heterocycles. The van der Waals surface area contributed by atoms with E-state index in [4.69, 9.17) is 4.74 Å². The van der Waals surface area contributed by atoms with Gasteiger partial charge in [0, 0.05) is 85.4 Å². The molecule has 0 saturated carbocycles. The van der Waals surface area contributed by atoms with Crippen LogP contribution >= 0.6 is 30.3 Å². The average Bonchev–Trinajstić information content (AvgIpc) is 3.43. The standard InChI is InChI=1S/C31H36IN5O3S.C2H6/c1-31(2,39)22-4-6-27(25(15-22)26-19-35(3)30(38)29-24(26)10-13-37(29)41-32)40-28-7-5-23(16-34-28)36-17-21(18-36)14-20-8-11-33-12-9-20;1-2/h4-7,10,13,15-16,19-21,33,39H,8-9,11-12,14,17-18H2,1-3H3;1-2H3. The maximum absolute atomic E-state index is 13.0. The first-order valence-electron chi connectivity index (χ1n) is 15.2. The molecule has 2 fully saturated rings. The van der Waals surface area contributed by atoms with Gasteiger partial charge in [-0.15, -0.1) is 0 Å². The Morgan fingerprint density at radius 2 is 1.84 bits per heavy atom. The summed E-state index contributed by atoms with van der Waals surface area (Å²) in [4.78, 5) is 20.1. The molecule has 10 heteroatoms. The molecule has 0 spiro atoms. The zero-order valence-corrected chi connectivity index (χ0v) is 28.6. The van der Waals surface area contributed by atoms with Gasteiger partial charge in [0.05, 0.1) is 17.5 Å². The molecule has 230 valence electrons. The summed E-state index contributed by atoms with van der Waals surface area (Å²) in [6.45, 7) is 12.0. The molecule has 0 amide bonds. The van der Waals surface area contributed by atoms with Crippen molar-refractivity contribution in [3.05, 3.63) is 70.9 Å². The quantitative estimate of drug-likeness (QED) is 0.188. The summed E-state index contributed by atoms with van der Waals surface area (Å²) in [6, 6.07) is 11.6. The van der Waals surface area contributed by atoms with Gasteiger partial charge in [0.1, 0.15) is 11.3 Å². The van der Waals surface area contributed by atoms with E-state index in [0.29, 0.717) is 17.1 Å². The van der Waals surface area contributed by atoms with Crippen LogP contribution in [0.3, 0.4) is 0 Å². The lowest BCUT2D eigenvalue weighted by atomic mass is 9.84. The van der Waals surface area contributed by atoms with Gasteiger partial charge >= 0.3 is 0 Å². The van der Waals surface area contributed by atoms with Crippen molar-refractivity contribution in [1.29, 1.82) is 0 Å². The second kappa shape index (κ2) is 13.6. The highest BCUT2D eigenvalue weighted by atomic mass is 127. The zero-order valence-electron chi connectivity index (χ0n) is 25.6. The van der Waals surface area contributed by atoms with Crippen molar-refractivity contribution < 1.29 is 9.84 Å². The second-order valence-electron chi connectivity index (χ2n) is 11.9. The first-order chi connectivity index (χ1) is 20.7. The molecule has 4 aromatic rings. The summed E-state index contributed by atoms with van der Waals surface area (Å²) in [6.07, 6.45) is 9.56. The SMILES string of the molecule is CC.Cn1cc(-c2cc(C(C)(C)O)ccc2Oc2ccc(N3CC(CC4CCNCC4)C3)cn2)c2ccn(SI)c2c1=O. The van der Waals surface area contributed by atoms with Crippen molar-refractivity contribution in [1.82, 2.24) is 18.8 Å². The maximum atomic E-state index is 13.0. The molecule has 2 aliphatic heterocycles. The van der Waals surface area contributed by atoms with Gasteiger partial charge < -0.3 is 24.6 Å². The first-order valence-corrected chi connectivity index (χ1v) is 18.5. The molecule has 0 unspecified atom stereocenters. The third-order valence-electron chi connectivity index (χ3n) is 8.42. The minimum Gasteiger partial charge on any atom is -0.438 e. The summed E-state index contributed by atoms with van der Waals surface area (Å²) in [5.74, 6) is 2.74. The number of ether oxygens (including phenoxy) is 1. The molecule has 0 radical (unpaired) electrons. The van der Waals surface area contributed by atoms with Crippen LogP contribution in [0.25, 0.3) is 22.0 Å². The highest BCUT2D eigenvalue weighted by Crippen LogP contribution is 2.40. The van der Waals surface area contributed by atoms with Gasteiger partial charge in [0.2, 0.25) is 5.88 Å². The molecular formula is C33H42IN5O3S. The summed E-state index contributed by atoms with van der Waals surface area (Å²) in [5.41, 5.74) is 3.01. The minimum absolute atomic E-state index is 0.0692. The Kier molecular flexibility index (Phi) is 10.1. The van der Waals surface area contributed by atoms with E-state index >= 15 is 0 Å². The van der Waals surface area contributed by atoms with E-state index in [-0.39, 0.29) is 5.56 Å². The first kappa shape index (κ1) is 31.9. The Labute approximate surface area is 270 Å².